The van der Waals surface area contributed by atoms with Crippen LogP contribution < -0.4 is 5.32 Å². The third-order valence-electron chi connectivity index (χ3n) is 3.31. The molecule has 19 heavy (non-hydrogen) atoms. The van der Waals surface area contributed by atoms with E-state index in [0.717, 1.165) is 30.8 Å². The van der Waals surface area contributed by atoms with Crippen LogP contribution in [0.2, 0.25) is 0 Å². The number of carbonyl (C=O) groups is 1. The van der Waals surface area contributed by atoms with Crippen molar-refractivity contribution in [3.63, 3.8) is 0 Å². The molecule has 0 unspecified atom stereocenters. The molecule has 0 bridgehead atoms. The van der Waals surface area contributed by atoms with Crippen LogP contribution in [-0.4, -0.2) is 34.5 Å². The van der Waals surface area contributed by atoms with E-state index in [1.807, 2.05) is 35.0 Å². The zero-order valence-electron chi connectivity index (χ0n) is 10.7. The summed E-state index contributed by atoms with van der Waals surface area (Å²) in [5.74, 6) is -0.00101. The van der Waals surface area contributed by atoms with Crippen molar-refractivity contribution < 1.29 is 9.53 Å². The van der Waals surface area contributed by atoms with Crippen LogP contribution in [0.1, 0.15) is 18.5 Å². The lowest BCUT2D eigenvalue weighted by Crippen LogP contribution is -2.32. The topological polar surface area (TPSA) is 55.6 Å². The first kappa shape index (κ1) is 12.2. The average Bonchev–Trinajstić information content (AvgIpc) is 3.04. The Hall–Kier alpha value is -1.88. The van der Waals surface area contributed by atoms with E-state index in [1.54, 1.807) is 0 Å². The van der Waals surface area contributed by atoms with E-state index in [4.69, 9.17) is 4.74 Å². The smallest absolute Gasteiger partial charge is 0.226 e. The van der Waals surface area contributed by atoms with Crippen LogP contribution in [0.3, 0.4) is 0 Å². The fourth-order valence-corrected chi connectivity index (χ4v) is 2.33. The number of pyridine rings is 1. The van der Waals surface area contributed by atoms with Crippen LogP contribution in [-0.2, 0) is 16.0 Å². The number of hydrogen-bond donors (Lipinski definition) is 1. The fourth-order valence-electron chi connectivity index (χ4n) is 2.33. The summed E-state index contributed by atoms with van der Waals surface area (Å²) < 4.78 is 7.39. The van der Waals surface area contributed by atoms with Gasteiger partial charge in [-0.15, -0.1) is 0 Å². The highest BCUT2D eigenvalue weighted by molar-refractivity contribution is 5.78. The van der Waals surface area contributed by atoms with E-state index in [9.17, 15) is 4.79 Å². The van der Waals surface area contributed by atoms with Crippen molar-refractivity contribution >= 4 is 11.6 Å². The summed E-state index contributed by atoms with van der Waals surface area (Å²) >= 11 is 0. The summed E-state index contributed by atoms with van der Waals surface area (Å²) in [6.07, 6.45) is 6.44. The summed E-state index contributed by atoms with van der Waals surface area (Å²) in [6, 6.07) is 5.80. The normalized spacial score (nSPS) is 18.8. The van der Waals surface area contributed by atoms with E-state index >= 15 is 0 Å². The van der Waals surface area contributed by atoms with Crippen LogP contribution in [0.15, 0.2) is 30.6 Å². The van der Waals surface area contributed by atoms with Gasteiger partial charge in [-0.2, -0.15) is 0 Å². The largest absolute Gasteiger partial charge is 0.376 e. The molecule has 1 amide bonds. The van der Waals surface area contributed by atoms with Gasteiger partial charge in [0.1, 0.15) is 5.65 Å². The highest BCUT2D eigenvalue weighted by Gasteiger charge is 2.16. The molecule has 1 aliphatic heterocycles. The van der Waals surface area contributed by atoms with E-state index in [-0.39, 0.29) is 12.0 Å². The molecule has 0 radical (unpaired) electrons. The van der Waals surface area contributed by atoms with E-state index in [0.29, 0.717) is 13.0 Å². The Bertz CT molecular complexity index is 540. The summed E-state index contributed by atoms with van der Waals surface area (Å²) in [5.41, 5.74) is 1.65. The second-order valence-corrected chi connectivity index (χ2v) is 4.81. The highest BCUT2D eigenvalue weighted by atomic mass is 16.5. The molecule has 1 fully saturated rings. The monoisotopic (exact) mass is 259 g/mol. The minimum Gasteiger partial charge on any atom is -0.376 e. The number of carbonyl (C=O) groups excluding carboxylic acids is 1. The van der Waals surface area contributed by atoms with Crippen LogP contribution in [0, 0.1) is 0 Å². The van der Waals surface area contributed by atoms with Crippen molar-refractivity contribution in [3.8, 4) is 0 Å². The lowest BCUT2D eigenvalue weighted by atomic mass is 10.2. The molecule has 0 spiro atoms. The molecule has 100 valence electrons. The number of imidazole rings is 1. The first-order valence-electron chi connectivity index (χ1n) is 6.62. The number of amides is 1. The molecule has 5 heteroatoms. The summed E-state index contributed by atoms with van der Waals surface area (Å²) in [7, 11) is 0. The summed E-state index contributed by atoms with van der Waals surface area (Å²) in [5, 5.41) is 2.90. The Morgan fingerprint density at radius 1 is 1.53 bits per heavy atom. The Labute approximate surface area is 111 Å². The average molecular weight is 259 g/mol. The maximum Gasteiger partial charge on any atom is 0.226 e. The fraction of sp³-hybridized carbons (Fsp3) is 0.429. The molecule has 0 saturated carbocycles. The minimum absolute atomic E-state index is 0.00101. The van der Waals surface area contributed by atoms with Gasteiger partial charge in [0.05, 0.1) is 18.2 Å². The first-order valence-corrected chi connectivity index (χ1v) is 6.62. The summed E-state index contributed by atoms with van der Waals surface area (Å²) in [6.45, 7) is 1.42. The molecule has 1 saturated heterocycles. The molecule has 3 heterocycles. The maximum absolute atomic E-state index is 11.8. The molecule has 0 aromatic carbocycles. The standard InChI is InChI=1S/C14H17N3O2/c18-14(15-9-12-4-3-7-19-12)8-11-10-17-6-2-1-5-13(17)16-11/h1-2,5-6,10,12H,3-4,7-9H2,(H,15,18)/t12-/m0/s1. The molecule has 2 aromatic heterocycles. The van der Waals surface area contributed by atoms with Gasteiger partial charge in [-0.25, -0.2) is 4.98 Å². The number of fused-ring (bicyclic) bond motifs is 1. The van der Waals surface area contributed by atoms with Crippen molar-refractivity contribution in [2.24, 2.45) is 0 Å². The third-order valence-corrected chi connectivity index (χ3v) is 3.31. The van der Waals surface area contributed by atoms with Gasteiger partial charge in [-0.1, -0.05) is 6.07 Å². The lowest BCUT2D eigenvalue weighted by molar-refractivity contribution is -0.121. The molecule has 1 atom stereocenters. The zero-order chi connectivity index (χ0) is 13.1. The molecule has 0 aliphatic carbocycles. The van der Waals surface area contributed by atoms with Crippen molar-refractivity contribution in [2.45, 2.75) is 25.4 Å². The Kier molecular flexibility index (Phi) is 3.46. The van der Waals surface area contributed by atoms with E-state index in [1.165, 1.54) is 0 Å². The maximum atomic E-state index is 11.8. The number of hydrogen-bond acceptors (Lipinski definition) is 3. The molecule has 3 rings (SSSR count). The molecule has 1 aliphatic rings. The predicted octanol–water partition coefficient (Wildman–Crippen LogP) is 1.17. The number of rotatable bonds is 4. The van der Waals surface area contributed by atoms with E-state index in [2.05, 4.69) is 10.3 Å². The zero-order valence-corrected chi connectivity index (χ0v) is 10.7. The van der Waals surface area contributed by atoms with Gasteiger partial charge in [0.15, 0.2) is 0 Å². The lowest BCUT2D eigenvalue weighted by Gasteiger charge is -2.09. The minimum atomic E-state index is -0.00101. The second-order valence-electron chi connectivity index (χ2n) is 4.81. The first-order chi connectivity index (χ1) is 9.31. The van der Waals surface area contributed by atoms with Crippen molar-refractivity contribution in [1.29, 1.82) is 0 Å². The van der Waals surface area contributed by atoms with Gasteiger partial charge in [0, 0.05) is 25.5 Å². The van der Waals surface area contributed by atoms with Crippen LogP contribution in [0.25, 0.3) is 5.65 Å². The summed E-state index contributed by atoms with van der Waals surface area (Å²) in [4.78, 5) is 16.2. The van der Waals surface area contributed by atoms with Crippen molar-refractivity contribution in [1.82, 2.24) is 14.7 Å². The van der Waals surface area contributed by atoms with Crippen molar-refractivity contribution in [2.75, 3.05) is 13.2 Å². The molecule has 5 nitrogen and oxygen atoms in total. The van der Waals surface area contributed by atoms with E-state index < -0.39 is 0 Å². The molecule has 2 aromatic rings. The van der Waals surface area contributed by atoms with Gasteiger partial charge in [0.2, 0.25) is 5.91 Å². The van der Waals surface area contributed by atoms with Crippen molar-refractivity contribution in [3.05, 3.63) is 36.3 Å². The predicted molar refractivity (Wildman–Crippen MR) is 70.9 cm³/mol. The number of ether oxygens (including phenoxy) is 1. The SMILES string of the molecule is O=C(Cc1cn2ccccc2n1)NC[C@@H]1CCCO1. The number of nitrogens with zero attached hydrogens (tertiary/aromatic N) is 2. The number of aromatic nitrogens is 2. The quantitative estimate of drug-likeness (QED) is 0.896. The Morgan fingerprint density at radius 2 is 2.47 bits per heavy atom. The van der Waals surface area contributed by atoms with Crippen LogP contribution in [0.4, 0.5) is 0 Å². The number of nitrogens with one attached hydrogen (secondary N) is 1. The Morgan fingerprint density at radius 3 is 3.26 bits per heavy atom. The molecular formula is C14H17N3O2. The second kappa shape index (κ2) is 5.40. The van der Waals surface area contributed by atoms with Gasteiger partial charge in [0.25, 0.3) is 0 Å². The van der Waals surface area contributed by atoms with Gasteiger partial charge in [-0.05, 0) is 25.0 Å². The van der Waals surface area contributed by atoms with Crippen LogP contribution in [0.5, 0.6) is 0 Å². The molecule has 1 N–H and O–H groups in total. The van der Waals surface area contributed by atoms with Gasteiger partial charge in [-0.3, -0.25) is 4.79 Å². The third kappa shape index (κ3) is 2.93. The van der Waals surface area contributed by atoms with Gasteiger partial charge >= 0.3 is 0 Å². The van der Waals surface area contributed by atoms with Crippen LogP contribution >= 0.6 is 0 Å². The van der Waals surface area contributed by atoms with Gasteiger partial charge < -0.3 is 14.5 Å². The Balaban J connectivity index is 1.56. The molecular weight excluding hydrogens is 242 g/mol. The highest BCUT2D eigenvalue weighted by Crippen LogP contribution is 2.10.